The molecule has 0 atom stereocenters. The minimum Gasteiger partial charge on any atom is -0.411 e. The van der Waals surface area contributed by atoms with Crippen LogP contribution in [0, 0.1) is 0 Å². The summed E-state index contributed by atoms with van der Waals surface area (Å²) in [7, 11) is 0. The lowest BCUT2D eigenvalue weighted by molar-refractivity contribution is 0.0788. The molecular formula is C8H9N3O3. The molecule has 1 aliphatic rings. The monoisotopic (exact) mass is 195 g/mol. The van der Waals surface area contributed by atoms with E-state index in [4.69, 9.17) is 5.21 Å². The van der Waals surface area contributed by atoms with Gasteiger partial charge in [0.2, 0.25) is 0 Å². The molecule has 2 rings (SSSR count). The minimum absolute atomic E-state index is 0.197. The average molecular weight is 195 g/mol. The molecule has 0 saturated carbocycles. The first-order valence-electron chi connectivity index (χ1n) is 4.20. The van der Waals surface area contributed by atoms with Crippen LogP contribution >= 0.6 is 0 Å². The number of likely N-dealkylation sites (tertiary alicyclic amines) is 1. The zero-order valence-corrected chi connectivity index (χ0v) is 7.38. The number of hydrogen-bond acceptors (Lipinski definition) is 5. The van der Waals surface area contributed by atoms with Gasteiger partial charge in [-0.25, -0.2) is 0 Å². The van der Waals surface area contributed by atoms with Crippen molar-refractivity contribution in [2.24, 2.45) is 5.16 Å². The Hall–Kier alpha value is -1.85. The number of oxime groups is 1. The third-order valence-electron chi connectivity index (χ3n) is 2.13. The quantitative estimate of drug-likeness (QED) is 0.518. The summed E-state index contributed by atoms with van der Waals surface area (Å²) in [5, 5.41) is 15.1. The zero-order chi connectivity index (χ0) is 9.97. The van der Waals surface area contributed by atoms with Gasteiger partial charge in [-0.2, -0.15) is 0 Å². The van der Waals surface area contributed by atoms with Crippen LogP contribution in [0.25, 0.3) is 0 Å². The van der Waals surface area contributed by atoms with Gasteiger partial charge in [-0.3, -0.25) is 4.79 Å². The van der Waals surface area contributed by atoms with Gasteiger partial charge in [0.25, 0.3) is 5.91 Å². The van der Waals surface area contributed by atoms with Crippen molar-refractivity contribution in [2.45, 2.75) is 6.42 Å². The maximum absolute atomic E-state index is 11.6. The van der Waals surface area contributed by atoms with E-state index in [1.54, 1.807) is 4.90 Å². The van der Waals surface area contributed by atoms with Gasteiger partial charge in [-0.15, -0.1) is 0 Å². The van der Waals surface area contributed by atoms with Crippen molar-refractivity contribution in [2.75, 3.05) is 13.1 Å². The third-order valence-corrected chi connectivity index (χ3v) is 2.13. The highest BCUT2D eigenvalue weighted by Crippen LogP contribution is 2.10. The standard InChI is InChI=1S/C8H9N3O3/c12-8(7-2-4-14-10-7)11-3-1-6(5-11)9-13/h2,4,13H,1,3,5H2/b9-6-. The van der Waals surface area contributed by atoms with Crippen LogP contribution in [-0.2, 0) is 0 Å². The maximum atomic E-state index is 11.6. The smallest absolute Gasteiger partial charge is 0.276 e. The molecule has 6 nitrogen and oxygen atoms in total. The first-order chi connectivity index (χ1) is 6.81. The normalized spacial score (nSPS) is 19.1. The molecule has 1 aromatic heterocycles. The first-order valence-corrected chi connectivity index (χ1v) is 4.20. The van der Waals surface area contributed by atoms with Gasteiger partial charge >= 0.3 is 0 Å². The minimum atomic E-state index is -0.197. The number of carbonyl (C=O) groups is 1. The molecule has 0 aliphatic carbocycles. The van der Waals surface area contributed by atoms with E-state index in [1.807, 2.05) is 0 Å². The lowest BCUT2D eigenvalue weighted by atomic mass is 10.3. The van der Waals surface area contributed by atoms with E-state index in [-0.39, 0.29) is 11.6 Å². The fourth-order valence-electron chi connectivity index (χ4n) is 1.38. The second-order valence-corrected chi connectivity index (χ2v) is 3.03. The molecule has 1 aromatic rings. The molecule has 1 fully saturated rings. The zero-order valence-electron chi connectivity index (χ0n) is 7.38. The SMILES string of the molecule is O=C(c1ccon1)N1CC/C(=N/O)C1. The van der Waals surface area contributed by atoms with E-state index in [0.717, 1.165) is 0 Å². The molecule has 0 radical (unpaired) electrons. The Balaban J connectivity index is 2.08. The Morgan fingerprint density at radius 1 is 1.71 bits per heavy atom. The van der Waals surface area contributed by atoms with Crippen molar-refractivity contribution < 1.29 is 14.5 Å². The molecular weight excluding hydrogens is 186 g/mol. The Bertz CT molecular complexity index is 358. The van der Waals surface area contributed by atoms with Crippen molar-refractivity contribution in [1.29, 1.82) is 0 Å². The van der Waals surface area contributed by atoms with Crippen LogP contribution < -0.4 is 0 Å². The van der Waals surface area contributed by atoms with Crippen LogP contribution in [0.5, 0.6) is 0 Å². The van der Waals surface area contributed by atoms with Crippen LogP contribution in [0.4, 0.5) is 0 Å². The lowest BCUT2D eigenvalue weighted by Crippen LogP contribution is -2.28. The highest BCUT2D eigenvalue weighted by atomic mass is 16.5. The molecule has 1 saturated heterocycles. The van der Waals surface area contributed by atoms with E-state index < -0.39 is 0 Å². The number of nitrogens with zero attached hydrogens (tertiary/aromatic N) is 3. The van der Waals surface area contributed by atoms with Crippen LogP contribution in [-0.4, -0.2) is 40.0 Å². The summed E-state index contributed by atoms with van der Waals surface area (Å²) < 4.78 is 4.57. The molecule has 0 spiro atoms. The van der Waals surface area contributed by atoms with Gasteiger partial charge in [0.05, 0.1) is 12.3 Å². The van der Waals surface area contributed by atoms with Crippen molar-refractivity contribution in [1.82, 2.24) is 10.1 Å². The Labute approximate surface area is 79.8 Å². The predicted octanol–water partition coefficient (Wildman–Crippen LogP) is 0.351. The van der Waals surface area contributed by atoms with Crippen molar-refractivity contribution >= 4 is 11.6 Å². The number of aromatic nitrogens is 1. The molecule has 2 heterocycles. The molecule has 1 amide bonds. The summed E-state index contributed by atoms with van der Waals surface area (Å²) >= 11 is 0. The molecule has 14 heavy (non-hydrogen) atoms. The second kappa shape index (κ2) is 3.49. The van der Waals surface area contributed by atoms with Gasteiger partial charge < -0.3 is 14.6 Å². The molecule has 0 unspecified atom stereocenters. The van der Waals surface area contributed by atoms with Crippen LogP contribution in [0.1, 0.15) is 16.9 Å². The number of hydrogen-bond donors (Lipinski definition) is 1. The Morgan fingerprint density at radius 2 is 2.57 bits per heavy atom. The van der Waals surface area contributed by atoms with E-state index in [0.29, 0.717) is 25.2 Å². The third kappa shape index (κ3) is 1.46. The van der Waals surface area contributed by atoms with Crippen LogP contribution in [0.15, 0.2) is 22.0 Å². The number of amides is 1. The summed E-state index contributed by atoms with van der Waals surface area (Å²) in [6.45, 7) is 0.924. The van der Waals surface area contributed by atoms with E-state index in [2.05, 4.69) is 14.8 Å². The van der Waals surface area contributed by atoms with Crippen molar-refractivity contribution in [3.8, 4) is 0 Å². The molecule has 74 valence electrons. The summed E-state index contributed by atoms with van der Waals surface area (Å²) in [6.07, 6.45) is 1.96. The fraction of sp³-hybridized carbons (Fsp3) is 0.375. The molecule has 1 aliphatic heterocycles. The predicted molar refractivity (Wildman–Crippen MR) is 46.2 cm³/mol. The van der Waals surface area contributed by atoms with Crippen LogP contribution in [0.2, 0.25) is 0 Å². The van der Waals surface area contributed by atoms with Gasteiger partial charge in [0.15, 0.2) is 5.69 Å². The van der Waals surface area contributed by atoms with E-state index >= 15 is 0 Å². The maximum Gasteiger partial charge on any atom is 0.276 e. The summed E-state index contributed by atoms with van der Waals surface area (Å²) in [5.74, 6) is -0.197. The van der Waals surface area contributed by atoms with Gasteiger partial charge in [0, 0.05) is 19.0 Å². The summed E-state index contributed by atoms with van der Waals surface area (Å²) in [6, 6.07) is 1.51. The topological polar surface area (TPSA) is 78.9 Å². The van der Waals surface area contributed by atoms with Crippen molar-refractivity contribution in [3.63, 3.8) is 0 Å². The number of rotatable bonds is 1. The van der Waals surface area contributed by atoms with E-state index in [9.17, 15) is 4.79 Å². The van der Waals surface area contributed by atoms with Gasteiger partial charge in [-0.05, 0) is 0 Å². The van der Waals surface area contributed by atoms with Crippen molar-refractivity contribution in [3.05, 3.63) is 18.0 Å². The Kier molecular flexibility index (Phi) is 2.18. The van der Waals surface area contributed by atoms with Gasteiger partial charge in [0.1, 0.15) is 6.26 Å². The molecule has 6 heteroatoms. The largest absolute Gasteiger partial charge is 0.411 e. The molecule has 1 N–H and O–H groups in total. The first kappa shape index (κ1) is 8.74. The molecule has 0 aromatic carbocycles. The fourth-order valence-corrected chi connectivity index (χ4v) is 1.38. The summed E-state index contributed by atoms with van der Waals surface area (Å²) in [4.78, 5) is 13.2. The van der Waals surface area contributed by atoms with Crippen LogP contribution in [0.3, 0.4) is 0 Å². The second-order valence-electron chi connectivity index (χ2n) is 3.03. The lowest BCUT2D eigenvalue weighted by Gasteiger charge is -2.11. The highest BCUT2D eigenvalue weighted by Gasteiger charge is 2.25. The number of carbonyl (C=O) groups excluding carboxylic acids is 1. The van der Waals surface area contributed by atoms with Gasteiger partial charge in [-0.1, -0.05) is 10.3 Å². The highest BCUT2D eigenvalue weighted by molar-refractivity contribution is 5.98. The molecule has 0 bridgehead atoms. The average Bonchev–Trinajstić information content (AvgIpc) is 2.88. The Morgan fingerprint density at radius 3 is 3.14 bits per heavy atom. The summed E-state index contributed by atoms with van der Waals surface area (Å²) in [5.41, 5.74) is 0.894. The van der Waals surface area contributed by atoms with E-state index in [1.165, 1.54) is 12.3 Å².